The van der Waals surface area contributed by atoms with Gasteiger partial charge >= 0.3 is 6.09 Å². The highest BCUT2D eigenvalue weighted by Crippen LogP contribution is 2.23. The number of benzene rings is 2. The number of hydrogen-bond acceptors (Lipinski definition) is 4. The van der Waals surface area contributed by atoms with Gasteiger partial charge in [0.25, 0.3) is 0 Å². The zero-order valence-corrected chi connectivity index (χ0v) is 13.9. The molecule has 0 heterocycles. The highest BCUT2D eigenvalue weighted by Gasteiger charge is 2.21. The summed E-state index contributed by atoms with van der Waals surface area (Å²) in [5, 5.41) is 0. The van der Waals surface area contributed by atoms with Gasteiger partial charge in [-0.05, 0) is 26.0 Å². The van der Waals surface area contributed by atoms with Gasteiger partial charge in [0, 0.05) is 24.2 Å². The third kappa shape index (κ3) is 3.68. The minimum Gasteiger partial charge on any atom is -0.409 e. The molecule has 0 aliphatic heterocycles. The lowest BCUT2D eigenvalue weighted by atomic mass is 9.98. The number of carbonyl (C=O) groups excluding carboxylic acids is 3. The molecule has 0 radical (unpaired) electrons. The van der Waals surface area contributed by atoms with Crippen molar-refractivity contribution in [2.75, 3.05) is 7.05 Å². The highest BCUT2D eigenvalue weighted by molar-refractivity contribution is 6.14. The maximum atomic E-state index is 12.8. The Kier molecular flexibility index (Phi) is 5.47. The van der Waals surface area contributed by atoms with Crippen LogP contribution in [0.2, 0.25) is 0 Å². The summed E-state index contributed by atoms with van der Waals surface area (Å²) in [6.45, 7) is 3.72. The molecular weight excluding hydrogens is 306 g/mol. The van der Waals surface area contributed by atoms with Gasteiger partial charge in [0.15, 0.2) is 12.1 Å². The van der Waals surface area contributed by atoms with Crippen LogP contribution < -0.4 is 4.74 Å². The number of rotatable bonds is 5. The van der Waals surface area contributed by atoms with E-state index in [-0.39, 0.29) is 28.7 Å². The van der Waals surface area contributed by atoms with Gasteiger partial charge in [-0.25, -0.2) is 4.79 Å². The Hall–Kier alpha value is -2.95. The van der Waals surface area contributed by atoms with E-state index in [1.54, 1.807) is 55.6 Å². The summed E-state index contributed by atoms with van der Waals surface area (Å²) in [5.41, 5.74) is 0.799. The first-order chi connectivity index (χ1) is 11.5. The average molecular weight is 325 g/mol. The number of nitrogens with zero attached hydrogens (tertiary/aromatic N) is 1. The number of amides is 1. The molecule has 0 aliphatic carbocycles. The third-order valence-electron chi connectivity index (χ3n) is 3.72. The van der Waals surface area contributed by atoms with Gasteiger partial charge in [-0.2, -0.15) is 0 Å². The summed E-state index contributed by atoms with van der Waals surface area (Å²) in [6, 6.07) is 13.0. The average Bonchev–Trinajstić information content (AvgIpc) is 2.60. The van der Waals surface area contributed by atoms with Crippen LogP contribution >= 0.6 is 0 Å². The second kappa shape index (κ2) is 7.55. The van der Waals surface area contributed by atoms with Crippen LogP contribution in [0, 0.1) is 0 Å². The first kappa shape index (κ1) is 17.4. The fourth-order valence-electron chi connectivity index (χ4n) is 2.07. The van der Waals surface area contributed by atoms with Crippen molar-refractivity contribution < 1.29 is 19.1 Å². The van der Waals surface area contributed by atoms with Crippen molar-refractivity contribution in [2.24, 2.45) is 0 Å². The van der Waals surface area contributed by atoms with Crippen molar-refractivity contribution in [3.63, 3.8) is 0 Å². The number of ether oxygens (including phenoxy) is 1. The smallest absolute Gasteiger partial charge is 0.409 e. The van der Waals surface area contributed by atoms with Gasteiger partial charge < -0.3 is 9.64 Å². The molecule has 5 heteroatoms. The van der Waals surface area contributed by atoms with Gasteiger partial charge in [-0.1, -0.05) is 36.4 Å². The van der Waals surface area contributed by atoms with Crippen LogP contribution in [-0.2, 0) is 0 Å². The molecule has 0 atom stereocenters. The minimum absolute atomic E-state index is 0.0313. The van der Waals surface area contributed by atoms with E-state index in [1.807, 2.05) is 13.8 Å². The fraction of sp³-hybridized carbons (Fsp3) is 0.211. The molecule has 2 aromatic carbocycles. The van der Waals surface area contributed by atoms with Crippen molar-refractivity contribution in [3.05, 3.63) is 65.2 Å². The van der Waals surface area contributed by atoms with E-state index < -0.39 is 6.09 Å². The first-order valence-electron chi connectivity index (χ1n) is 7.58. The standard InChI is InChI=1S/C19H19NO4/c1-13(2)20(3)19(23)24-17-11-7-6-10-16(17)18(22)15-9-5-4-8-14(15)12-21/h4-13H,1-3H3. The van der Waals surface area contributed by atoms with Crippen molar-refractivity contribution in [3.8, 4) is 5.75 Å². The lowest BCUT2D eigenvalue weighted by molar-refractivity contribution is 0.102. The van der Waals surface area contributed by atoms with E-state index in [4.69, 9.17) is 4.74 Å². The molecule has 124 valence electrons. The molecule has 0 bridgehead atoms. The Bertz CT molecular complexity index is 767. The van der Waals surface area contributed by atoms with E-state index in [0.717, 1.165) is 0 Å². The van der Waals surface area contributed by atoms with Crippen LogP contribution in [0.5, 0.6) is 5.75 Å². The van der Waals surface area contributed by atoms with Crippen LogP contribution in [0.15, 0.2) is 48.5 Å². The Morgan fingerprint density at radius 1 is 1.00 bits per heavy atom. The van der Waals surface area contributed by atoms with E-state index in [9.17, 15) is 14.4 Å². The van der Waals surface area contributed by atoms with E-state index in [0.29, 0.717) is 11.8 Å². The molecule has 24 heavy (non-hydrogen) atoms. The molecule has 0 saturated heterocycles. The summed E-state index contributed by atoms with van der Waals surface area (Å²) in [4.78, 5) is 37.5. The predicted molar refractivity (Wildman–Crippen MR) is 90.6 cm³/mol. The second-order valence-corrected chi connectivity index (χ2v) is 5.60. The molecule has 0 fully saturated rings. The lowest BCUT2D eigenvalue weighted by Gasteiger charge is -2.21. The first-order valence-corrected chi connectivity index (χ1v) is 7.58. The van der Waals surface area contributed by atoms with Crippen LogP contribution in [0.1, 0.15) is 40.1 Å². The van der Waals surface area contributed by atoms with Gasteiger partial charge in [0.2, 0.25) is 0 Å². The second-order valence-electron chi connectivity index (χ2n) is 5.60. The van der Waals surface area contributed by atoms with Crippen molar-refractivity contribution >= 4 is 18.2 Å². The van der Waals surface area contributed by atoms with Crippen molar-refractivity contribution in [1.82, 2.24) is 4.90 Å². The zero-order chi connectivity index (χ0) is 17.7. The molecule has 0 saturated carbocycles. The predicted octanol–water partition coefficient (Wildman–Crippen LogP) is 3.57. The molecule has 0 aromatic heterocycles. The molecule has 0 unspecified atom stereocenters. The van der Waals surface area contributed by atoms with Crippen molar-refractivity contribution in [1.29, 1.82) is 0 Å². The summed E-state index contributed by atoms with van der Waals surface area (Å²) >= 11 is 0. The van der Waals surface area contributed by atoms with Crippen LogP contribution in [0.25, 0.3) is 0 Å². The van der Waals surface area contributed by atoms with Gasteiger partial charge in [-0.3, -0.25) is 9.59 Å². The maximum absolute atomic E-state index is 12.8. The number of ketones is 1. The maximum Gasteiger partial charge on any atom is 0.415 e. The summed E-state index contributed by atoms with van der Waals surface area (Å²) in [6.07, 6.45) is 0.0860. The van der Waals surface area contributed by atoms with E-state index >= 15 is 0 Å². The normalized spacial score (nSPS) is 10.3. The number of para-hydroxylation sites is 1. The van der Waals surface area contributed by atoms with Crippen molar-refractivity contribution in [2.45, 2.75) is 19.9 Å². The van der Waals surface area contributed by atoms with Crippen LogP contribution in [0.3, 0.4) is 0 Å². The topological polar surface area (TPSA) is 63.7 Å². The Balaban J connectivity index is 2.37. The van der Waals surface area contributed by atoms with E-state index in [1.165, 1.54) is 4.90 Å². The van der Waals surface area contributed by atoms with Gasteiger partial charge in [-0.15, -0.1) is 0 Å². The fourth-order valence-corrected chi connectivity index (χ4v) is 2.07. The van der Waals surface area contributed by atoms with Crippen LogP contribution in [0.4, 0.5) is 4.79 Å². The number of carbonyl (C=O) groups is 3. The highest BCUT2D eigenvalue weighted by atomic mass is 16.6. The molecule has 2 rings (SSSR count). The Morgan fingerprint density at radius 3 is 2.21 bits per heavy atom. The molecular formula is C19H19NO4. The van der Waals surface area contributed by atoms with Gasteiger partial charge in [0.05, 0.1) is 5.56 Å². The summed E-state index contributed by atoms with van der Waals surface area (Å²) in [5.74, 6) is -0.200. The third-order valence-corrected chi connectivity index (χ3v) is 3.72. The molecule has 5 nitrogen and oxygen atoms in total. The number of aldehydes is 1. The SMILES string of the molecule is CC(C)N(C)C(=O)Oc1ccccc1C(=O)c1ccccc1C=O. The Morgan fingerprint density at radius 2 is 1.58 bits per heavy atom. The Labute approximate surface area is 140 Å². The zero-order valence-electron chi connectivity index (χ0n) is 13.9. The summed E-state index contributed by atoms with van der Waals surface area (Å²) < 4.78 is 5.36. The molecule has 0 N–H and O–H groups in total. The molecule has 0 aliphatic rings. The van der Waals surface area contributed by atoms with Gasteiger partial charge in [0.1, 0.15) is 5.75 Å². The largest absolute Gasteiger partial charge is 0.415 e. The molecule has 0 spiro atoms. The molecule has 2 aromatic rings. The van der Waals surface area contributed by atoms with E-state index in [2.05, 4.69) is 0 Å². The quantitative estimate of drug-likeness (QED) is 0.623. The minimum atomic E-state index is -0.547. The number of hydrogen-bond donors (Lipinski definition) is 0. The molecule has 1 amide bonds. The monoisotopic (exact) mass is 325 g/mol. The summed E-state index contributed by atoms with van der Waals surface area (Å²) in [7, 11) is 1.62. The lowest BCUT2D eigenvalue weighted by Crippen LogP contribution is -2.35. The van der Waals surface area contributed by atoms with Crippen LogP contribution in [-0.4, -0.2) is 36.2 Å².